The normalized spacial score (nSPS) is 27.0. The Labute approximate surface area is 181 Å². The fourth-order valence-corrected chi connectivity index (χ4v) is 5.52. The highest BCUT2D eigenvalue weighted by molar-refractivity contribution is 5.79. The summed E-state index contributed by atoms with van der Waals surface area (Å²) in [6.07, 6.45) is 10.5. The quantitative estimate of drug-likeness (QED) is 0.718. The second-order valence-corrected chi connectivity index (χ2v) is 9.54. The molecule has 1 N–H and O–H groups in total. The summed E-state index contributed by atoms with van der Waals surface area (Å²) in [6, 6.07) is 9.40. The highest BCUT2D eigenvalue weighted by Crippen LogP contribution is 2.30. The Morgan fingerprint density at radius 2 is 1.60 bits per heavy atom. The molecule has 4 rings (SSSR count). The third-order valence-electron chi connectivity index (χ3n) is 7.55. The zero-order valence-electron chi connectivity index (χ0n) is 18.4. The SMILES string of the molecule is CC(C=O)c1ccc(NC2CCC(C(=O)N3CCN(C4CCCC4)CC3)CC2)cc1. The predicted octanol–water partition coefficient (Wildman–Crippen LogP) is 4.05. The monoisotopic (exact) mass is 411 g/mol. The van der Waals surface area contributed by atoms with E-state index in [1.807, 2.05) is 19.1 Å². The van der Waals surface area contributed by atoms with E-state index >= 15 is 0 Å². The first-order valence-electron chi connectivity index (χ1n) is 12.0. The largest absolute Gasteiger partial charge is 0.382 e. The van der Waals surface area contributed by atoms with Gasteiger partial charge in [0.2, 0.25) is 5.91 Å². The fourth-order valence-electron chi connectivity index (χ4n) is 5.52. The number of carbonyl (C=O) groups is 2. The lowest BCUT2D eigenvalue weighted by Gasteiger charge is -2.40. The van der Waals surface area contributed by atoms with Crippen molar-refractivity contribution in [3.8, 4) is 0 Å². The predicted molar refractivity (Wildman–Crippen MR) is 121 cm³/mol. The van der Waals surface area contributed by atoms with Gasteiger partial charge in [-0.25, -0.2) is 0 Å². The van der Waals surface area contributed by atoms with Gasteiger partial charge in [0.25, 0.3) is 0 Å². The average molecular weight is 412 g/mol. The van der Waals surface area contributed by atoms with Crippen LogP contribution < -0.4 is 5.32 Å². The second-order valence-electron chi connectivity index (χ2n) is 9.54. The molecule has 0 aromatic heterocycles. The summed E-state index contributed by atoms with van der Waals surface area (Å²) in [5, 5.41) is 3.62. The van der Waals surface area contributed by atoms with Crippen molar-refractivity contribution in [1.82, 2.24) is 9.80 Å². The van der Waals surface area contributed by atoms with Gasteiger partial charge in [-0.15, -0.1) is 0 Å². The molecule has 5 heteroatoms. The summed E-state index contributed by atoms with van der Waals surface area (Å²) in [6.45, 7) is 5.87. The minimum atomic E-state index is -0.0551. The standard InChI is InChI=1S/C25H37N3O2/c1-19(18-29)20-6-10-22(11-7-20)26-23-12-8-21(9-13-23)25(30)28-16-14-27(15-17-28)24-4-2-3-5-24/h6-7,10-11,18-19,21,23-24,26H,2-5,8-9,12-17H2,1H3. The van der Waals surface area contributed by atoms with Gasteiger partial charge in [-0.2, -0.15) is 0 Å². The summed E-state index contributed by atoms with van der Waals surface area (Å²) in [5.41, 5.74) is 2.16. The molecule has 3 fully saturated rings. The van der Waals surface area contributed by atoms with Crippen LogP contribution in [0.3, 0.4) is 0 Å². The van der Waals surface area contributed by atoms with Crippen LogP contribution in [0.15, 0.2) is 24.3 Å². The van der Waals surface area contributed by atoms with Gasteiger partial charge >= 0.3 is 0 Å². The highest BCUT2D eigenvalue weighted by Gasteiger charge is 2.32. The molecule has 2 aliphatic carbocycles. The van der Waals surface area contributed by atoms with Crippen LogP contribution in [-0.2, 0) is 9.59 Å². The van der Waals surface area contributed by atoms with E-state index in [1.165, 1.54) is 25.7 Å². The molecule has 1 atom stereocenters. The van der Waals surface area contributed by atoms with Crippen LogP contribution in [0.4, 0.5) is 5.69 Å². The zero-order valence-corrected chi connectivity index (χ0v) is 18.4. The van der Waals surface area contributed by atoms with Crippen molar-refractivity contribution in [2.24, 2.45) is 5.92 Å². The van der Waals surface area contributed by atoms with E-state index in [4.69, 9.17) is 0 Å². The number of aldehydes is 1. The average Bonchev–Trinajstić information content (AvgIpc) is 3.34. The number of rotatable bonds is 6. The first kappa shape index (κ1) is 21.4. The van der Waals surface area contributed by atoms with Gasteiger partial charge in [0.05, 0.1) is 0 Å². The van der Waals surface area contributed by atoms with Crippen LogP contribution in [0.5, 0.6) is 0 Å². The summed E-state index contributed by atoms with van der Waals surface area (Å²) in [4.78, 5) is 28.7. The van der Waals surface area contributed by atoms with Crippen LogP contribution in [0.25, 0.3) is 0 Å². The van der Waals surface area contributed by atoms with Crippen molar-refractivity contribution in [3.63, 3.8) is 0 Å². The van der Waals surface area contributed by atoms with E-state index in [0.29, 0.717) is 11.9 Å². The molecule has 1 saturated heterocycles. The lowest BCUT2D eigenvalue weighted by Crippen LogP contribution is -2.53. The van der Waals surface area contributed by atoms with E-state index in [0.717, 1.165) is 75.4 Å². The van der Waals surface area contributed by atoms with Gasteiger partial charge < -0.3 is 15.0 Å². The van der Waals surface area contributed by atoms with Crippen LogP contribution in [0.2, 0.25) is 0 Å². The number of benzene rings is 1. The van der Waals surface area contributed by atoms with Crippen LogP contribution in [0.1, 0.15) is 69.8 Å². The Bertz CT molecular complexity index is 698. The number of hydrogen-bond donors (Lipinski definition) is 1. The Morgan fingerprint density at radius 3 is 2.20 bits per heavy atom. The first-order chi connectivity index (χ1) is 14.6. The van der Waals surface area contributed by atoms with Crippen molar-refractivity contribution in [2.75, 3.05) is 31.5 Å². The molecule has 5 nitrogen and oxygen atoms in total. The Hall–Kier alpha value is -1.88. The molecule has 1 heterocycles. The van der Waals surface area contributed by atoms with Gasteiger partial charge in [0, 0.05) is 55.8 Å². The molecular formula is C25H37N3O2. The van der Waals surface area contributed by atoms with Crippen molar-refractivity contribution in [2.45, 2.75) is 76.3 Å². The minimum absolute atomic E-state index is 0.0551. The maximum absolute atomic E-state index is 13.0. The maximum Gasteiger partial charge on any atom is 0.225 e. The molecule has 3 aliphatic rings. The van der Waals surface area contributed by atoms with Gasteiger partial charge in [-0.1, -0.05) is 31.9 Å². The number of piperazine rings is 1. The number of anilines is 1. The number of carbonyl (C=O) groups excluding carboxylic acids is 2. The molecule has 1 amide bonds. The van der Waals surface area contributed by atoms with E-state index in [-0.39, 0.29) is 11.8 Å². The lowest BCUT2D eigenvalue weighted by atomic mass is 9.85. The van der Waals surface area contributed by atoms with Crippen molar-refractivity contribution < 1.29 is 9.59 Å². The van der Waals surface area contributed by atoms with Gasteiger partial charge in [-0.05, 0) is 56.2 Å². The summed E-state index contributed by atoms with van der Waals surface area (Å²) in [7, 11) is 0. The molecule has 1 unspecified atom stereocenters. The van der Waals surface area contributed by atoms with Crippen molar-refractivity contribution in [3.05, 3.63) is 29.8 Å². The Balaban J connectivity index is 1.20. The number of nitrogens with one attached hydrogen (secondary N) is 1. The van der Waals surface area contributed by atoms with Gasteiger partial charge in [0.1, 0.15) is 6.29 Å². The topological polar surface area (TPSA) is 52.7 Å². The van der Waals surface area contributed by atoms with E-state index < -0.39 is 0 Å². The van der Waals surface area contributed by atoms with E-state index in [2.05, 4.69) is 27.2 Å². The minimum Gasteiger partial charge on any atom is -0.382 e. The van der Waals surface area contributed by atoms with E-state index in [1.54, 1.807) is 0 Å². The molecule has 1 aromatic carbocycles. The van der Waals surface area contributed by atoms with Crippen molar-refractivity contribution >= 4 is 17.9 Å². The van der Waals surface area contributed by atoms with Crippen molar-refractivity contribution in [1.29, 1.82) is 0 Å². The van der Waals surface area contributed by atoms with Gasteiger partial charge in [-0.3, -0.25) is 9.69 Å². The second kappa shape index (κ2) is 9.95. The summed E-state index contributed by atoms with van der Waals surface area (Å²) in [5.74, 6) is 0.546. The fraction of sp³-hybridized carbons (Fsp3) is 0.680. The van der Waals surface area contributed by atoms with Crippen LogP contribution in [-0.4, -0.2) is 60.3 Å². The molecule has 1 aliphatic heterocycles. The van der Waals surface area contributed by atoms with Gasteiger partial charge in [0.15, 0.2) is 0 Å². The first-order valence-corrected chi connectivity index (χ1v) is 12.0. The number of hydrogen-bond acceptors (Lipinski definition) is 4. The number of amides is 1. The zero-order chi connectivity index (χ0) is 20.9. The van der Waals surface area contributed by atoms with Crippen LogP contribution >= 0.6 is 0 Å². The Kier molecular flexibility index (Phi) is 7.08. The molecule has 0 spiro atoms. The molecule has 1 aromatic rings. The molecule has 30 heavy (non-hydrogen) atoms. The number of nitrogens with zero attached hydrogens (tertiary/aromatic N) is 2. The summed E-state index contributed by atoms with van der Waals surface area (Å²) < 4.78 is 0. The lowest BCUT2D eigenvalue weighted by molar-refractivity contribution is -0.138. The third kappa shape index (κ3) is 5.05. The third-order valence-corrected chi connectivity index (χ3v) is 7.55. The highest BCUT2D eigenvalue weighted by atomic mass is 16.2. The molecule has 0 bridgehead atoms. The van der Waals surface area contributed by atoms with E-state index in [9.17, 15) is 9.59 Å². The summed E-state index contributed by atoms with van der Waals surface area (Å²) >= 11 is 0. The maximum atomic E-state index is 13.0. The molecule has 164 valence electrons. The smallest absolute Gasteiger partial charge is 0.225 e. The molecule has 0 radical (unpaired) electrons. The van der Waals surface area contributed by atoms with Crippen LogP contribution in [0, 0.1) is 5.92 Å². The molecular weight excluding hydrogens is 374 g/mol. The molecule has 2 saturated carbocycles. The Morgan fingerprint density at radius 1 is 0.967 bits per heavy atom.